The second kappa shape index (κ2) is 4.48. The van der Waals surface area contributed by atoms with Crippen LogP contribution < -0.4 is 11.5 Å². The lowest BCUT2D eigenvalue weighted by Gasteiger charge is -2.39. The van der Waals surface area contributed by atoms with Gasteiger partial charge in [0.2, 0.25) is 5.28 Å². The van der Waals surface area contributed by atoms with Crippen LogP contribution in [0.2, 0.25) is 5.28 Å². The maximum Gasteiger partial charge on any atom is 0.222 e. The molecule has 4 N–H and O–H groups in total. The average molecular weight is 259 g/mol. The number of aromatic nitrogens is 2. The minimum atomic E-state index is -0.840. The SMILES string of the molecule is CC1CC(N)CC(N)(c2nc(Cl)ncc2F)C1. The summed E-state index contributed by atoms with van der Waals surface area (Å²) in [6, 6.07) is -0.0307. The van der Waals surface area contributed by atoms with E-state index in [2.05, 4.69) is 16.9 Å². The van der Waals surface area contributed by atoms with Gasteiger partial charge in [-0.2, -0.15) is 0 Å². The zero-order valence-corrected chi connectivity index (χ0v) is 10.4. The highest BCUT2D eigenvalue weighted by Crippen LogP contribution is 2.37. The van der Waals surface area contributed by atoms with Crippen LogP contribution in [0.15, 0.2) is 6.20 Å². The molecule has 1 heterocycles. The Morgan fingerprint density at radius 3 is 2.88 bits per heavy atom. The third kappa shape index (κ3) is 2.56. The second-order valence-electron chi connectivity index (χ2n) is 5.00. The molecule has 17 heavy (non-hydrogen) atoms. The van der Waals surface area contributed by atoms with Crippen molar-refractivity contribution < 1.29 is 4.39 Å². The van der Waals surface area contributed by atoms with Crippen LogP contribution in [-0.2, 0) is 5.54 Å². The highest BCUT2D eigenvalue weighted by molar-refractivity contribution is 6.28. The van der Waals surface area contributed by atoms with Crippen LogP contribution in [0.5, 0.6) is 0 Å². The highest BCUT2D eigenvalue weighted by Gasteiger charge is 2.39. The monoisotopic (exact) mass is 258 g/mol. The second-order valence-corrected chi connectivity index (χ2v) is 5.34. The van der Waals surface area contributed by atoms with Gasteiger partial charge < -0.3 is 11.5 Å². The molecule has 1 aromatic rings. The standard InChI is InChI=1S/C11H16ClFN4/c1-6-2-7(14)4-11(15,3-6)9-8(13)5-16-10(12)17-9/h5-7H,2-4,14-15H2,1H3. The largest absolute Gasteiger partial charge is 0.328 e. The Kier molecular flexibility index (Phi) is 3.34. The summed E-state index contributed by atoms with van der Waals surface area (Å²) in [4.78, 5) is 7.53. The summed E-state index contributed by atoms with van der Waals surface area (Å²) < 4.78 is 13.7. The van der Waals surface area contributed by atoms with Crippen LogP contribution in [-0.4, -0.2) is 16.0 Å². The van der Waals surface area contributed by atoms with Crippen molar-refractivity contribution in [2.45, 2.75) is 37.8 Å². The normalized spacial score (nSPS) is 33.7. The van der Waals surface area contributed by atoms with E-state index < -0.39 is 11.4 Å². The molecule has 2 rings (SSSR count). The quantitative estimate of drug-likeness (QED) is 0.750. The Labute approximate surface area is 105 Å². The summed E-state index contributed by atoms with van der Waals surface area (Å²) in [5.41, 5.74) is 11.5. The van der Waals surface area contributed by atoms with Crippen LogP contribution >= 0.6 is 11.6 Å². The maximum atomic E-state index is 13.7. The summed E-state index contributed by atoms with van der Waals surface area (Å²) >= 11 is 5.70. The molecule has 3 atom stereocenters. The van der Waals surface area contributed by atoms with Crippen molar-refractivity contribution in [3.8, 4) is 0 Å². The molecule has 4 nitrogen and oxygen atoms in total. The van der Waals surface area contributed by atoms with Crippen molar-refractivity contribution >= 4 is 11.6 Å². The lowest BCUT2D eigenvalue weighted by molar-refractivity contribution is 0.204. The van der Waals surface area contributed by atoms with Crippen LogP contribution in [0.4, 0.5) is 4.39 Å². The van der Waals surface area contributed by atoms with Gasteiger partial charge in [-0.05, 0) is 36.8 Å². The number of hydrogen-bond donors (Lipinski definition) is 2. The molecule has 94 valence electrons. The van der Waals surface area contributed by atoms with E-state index in [4.69, 9.17) is 23.1 Å². The maximum absolute atomic E-state index is 13.7. The molecule has 3 unspecified atom stereocenters. The summed E-state index contributed by atoms with van der Waals surface area (Å²) in [6.07, 6.45) is 3.13. The number of nitrogens with two attached hydrogens (primary N) is 2. The minimum absolute atomic E-state index is 0.0121. The van der Waals surface area contributed by atoms with Crippen molar-refractivity contribution in [3.63, 3.8) is 0 Å². The van der Waals surface area contributed by atoms with Gasteiger partial charge in [-0.15, -0.1) is 0 Å². The molecule has 0 radical (unpaired) electrons. The number of nitrogens with zero attached hydrogens (tertiary/aromatic N) is 2. The molecule has 0 bridgehead atoms. The molecule has 1 aliphatic carbocycles. The van der Waals surface area contributed by atoms with Gasteiger partial charge in [0.05, 0.1) is 11.7 Å². The Morgan fingerprint density at radius 1 is 1.53 bits per heavy atom. The predicted octanol–water partition coefficient (Wildman–Crippen LogP) is 1.57. The Hall–Kier alpha value is -0.780. The zero-order chi connectivity index (χ0) is 12.6. The van der Waals surface area contributed by atoms with Gasteiger partial charge in [0.15, 0.2) is 5.82 Å². The third-order valence-corrected chi connectivity index (χ3v) is 3.41. The van der Waals surface area contributed by atoms with Crippen LogP contribution in [0.25, 0.3) is 0 Å². The van der Waals surface area contributed by atoms with E-state index in [1.54, 1.807) is 0 Å². The van der Waals surface area contributed by atoms with Crippen molar-refractivity contribution in [3.05, 3.63) is 23.0 Å². The minimum Gasteiger partial charge on any atom is -0.328 e. The molecule has 0 aromatic carbocycles. The van der Waals surface area contributed by atoms with Gasteiger partial charge in [0.1, 0.15) is 5.69 Å². The molecule has 1 saturated carbocycles. The van der Waals surface area contributed by atoms with E-state index in [-0.39, 0.29) is 17.0 Å². The van der Waals surface area contributed by atoms with E-state index in [0.29, 0.717) is 18.8 Å². The lowest BCUT2D eigenvalue weighted by Crippen LogP contribution is -2.49. The van der Waals surface area contributed by atoms with Crippen molar-refractivity contribution in [2.75, 3.05) is 0 Å². The molecule has 0 aliphatic heterocycles. The summed E-state index contributed by atoms with van der Waals surface area (Å²) in [7, 11) is 0. The summed E-state index contributed by atoms with van der Waals surface area (Å²) in [5, 5.41) is 0.0121. The first-order valence-corrected chi connectivity index (χ1v) is 6.01. The topological polar surface area (TPSA) is 77.8 Å². The molecule has 1 aliphatic rings. The van der Waals surface area contributed by atoms with Crippen LogP contribution in [0, 0.1) is 11.7 Å². The van der Waals surface area contributed by atoms with Gasteiger partial charge in [-0.3, -0.25) is 0 Å². The van der Waals surface area contributed by atoms with E-state index in [9.17, 15) is 4.39 Å². The first kappa shape index (κ1) is 12.7. The summed E-state index contributed by atoms with van der Waals surface area (Å²) in [5.74, 6) is -0.171. The molecule has 1 aromatic heterocycles. The summed E-state index contributed by atoms with van der Waals surface area (Å²) in [6.45, 7) is 2.06. The van der Waals surface area contributed by atoms with Crippen molar-refractivity contribution in [1.29, 1.82) is 0 Å². The van der Waals surface area contributed by atoms with E-state index in [0.717, 1.165) is 12.6 Å². The van der Waals surface area contributed by atoms with E-state index in [1.807, 2.05) is 0 Å². The molecule has 6 heteroatoms. The zero-order valence-electron chi connectivity index (χ0n) is 9.66. The highest BCUT2D eigenvalue weighted by atomic mass is 35.5. The van der Waals surface area contributed by atoms with E-state index in [1.165, 1.54) is 0 Å². The van der Waals surface area contributed by atoms with Crippen molar-refractivity contribution in [1.82, 2.24) is 9.97 Å². The Balaban J connectivity index is 2.39. The first-order valence-electron chi connectivity index (χ1n) is 5.64. The molecule has 1 fully saturated rings. The number of hydrogen-bond acceptors (Lipinski definition) is 4. The fourth-order valence-electron chi connectivity index (χ4n) is 2.74. The van der Waals surface area contributed by atoms with Gasteiger partial charge in [0.25, 0.3) is 0 Å². The Morgan fingerprint density at radius 2 is 2.24 bits per heavy atom. The first-order chi connectivity index (χ1) is 7.90. The van der Waals surface area contributed by atoms with E-state index >= 15 is 0 Å². The molecule has 0 amide bonds. The van der Waals surface area contributed by atoms with Gasteiger partial charge in [0, 0.05) is 6.04 Å². The van der Waals surface area contributed by atoms with Crippen LogP contribution in [0.1, 0.15) is 31.9 Å². The number of rotatable bonds is 1. The molecule has 0 spiro atoms. The fraction of sp³-hybridized carbons (Fsp3) is 0.636. The molecular formula is C11H16ClFN4. The van der Waals surface area contributed by atoms with Gasteiger partial charge in [-0.1, -0.05) is 6.92 Å². The van der Waals surface area contributed by atoms with Gasteiger partial charge >= 0.3 is 0 Å². The predicted molar refractivity (Wildman–Crippen MR) is 63.9 cm³/mol. The Bertz CT molecular complexity index is 416. The number of halogens is 2. The van der Waals surface area contributed by atoms with Crippen LogP contribution in [0.3, 0.4) is 0 Å². The molecular weight excluding hydrogens is 243 g/mol. The average Bonchev–Trinajstić information content (AvgIpc) is 2.19. The lowest BCUT2D eigenvalue weighted by atomic mass is 9.73. The molecule has 0 saturated heterocycles. The van der Waals surface area contributed by atoms with Crippen molar-refractivity contribution in [2.24, 2.45) is 17.4 Å². The van der Waals surface area contributed by atoms with Gasteiger partial charge in [-0.25, -0.2) is 14.4 Å². The fourth-order valence-corrected chi connectivity index (χ4v) is 2.88. The third-order valence-electron chi connectivity index (χ3n) is 3.23. The smallest absolute Gasteiger partial charge is 0.222 e.